The third-order valence-corrected chi connectivity index (χ3v) is 7.56. The molecule has 0 saturated carbocycles. The summed E-state index contributed by atoms with van der Waals surface area (Å²) < 4.78 is 27.5. The molecule has 0 bridgehead atoms. The third-order valence-electron chi connectivity index (χ3n) is 5.40. The molecule has 1 amide bonds. The van der Waals surface area contributed by atoms with Gasteiger partial charge in [-0.05, 0) is 37.6 Å². The molecular weight excluding hydrogens is 366 g/mol. The van der Waals surface area contributed by atoms with Gasteiger partial charge in [0.25, 0.3) is 0 Å². The molecule has 2 aliphatic rings. The van der Waals surface area contributed by atoms with Crippen molar-refractivity contribution in [2.75, 3.05) is 43.0 Å². The summed E-state index contributed by atoms with van der Waals surface area (Å²) in [7, 11) is -1.76. The number of amides is 1. The van der Waals surface area contributed by atoms with E-state index in [1.165, 1.54) is 4.31 Å². The number of carbonyl (C=O) groups excluding carboxylic acids is 1. The first-order valence-corrected chi connectivity index (χ1v) is 10.4. The lowest BCUT2D eigenvalue weighted by atomic mass is 10.1. The van der Waals surface area contributed by atoms with E-state index in [0.717, 1.165) is 16.9 Å². The molecule has 8 nitrogen and oxygen atoms in total. The minimum absolute atomic E-state index is 0.101. The van der Waals surface area contributed by atoms with E-state index in [-0.39, 0.29) is 10.8 Å². The Morgan fingerprint density at radius 2 is 1.81 bits per heavy atom. The Morgan fingerprint density at radius 3 is 2.44 bits per heavy atom. The Balaban J connectivity index is 1.50. The number of aryl methyl sites for hydroxylation is 2. The summed E-state index contributed by atoms with van der Waals surface area (Å²) in [6.45, 7) is 5.49. The van der Waals surface area contributed by atoms with Gasteiger partial charge in [-0.25, -0.2) is 8.42 Å². The van der Waals surface area contributed by atoms with Gasteiger partial charge in [0.2, 0.25) is 15.9 Å². The lowest BCUT2D eigenvalue weighted by Gasteiger charge is -2.35. The number of piperazine rings is 1. The Hall–Kier alpha value is -2.39. The van der Waals surface area contributed by atoms with Gasteiger partial charge in [0, 0.05) is 44.6 Å². The molecule has 1 aromatic carbocycles. The fourth-order valence-corrected chi connectivity index (χ4v) is 5.64. The summed E-state index contributed by atoms with van der Waals surface area (Å²) in [6.07, 6.45) is 0.424. The van der Waals surface area contributed by atoms with E-state index in [9.17, 15) is 13.2 Å². The van der Waals surface area contributed by atoms with Crippen molar-refractivity contribution in [2.24, 2.45) is 0 Å². The number of benzene rings is 1. The number of H-pyrrole nitrogens is 1. The molecule has 0 aliphatic carbocycles. The molecule has 0 atom stereocenters. The third kappa shape index (κ3) is 2.90. The maximum absolute atomic E-state index is 13.0. The van der Waals surface area contributed by atoms with E-state index < -0.39 is 10.0 Å². The maximum atomic E-state index is 13.0. The van der Waals surface area contributed by atoms with Crippen molar-refractivity contribution in [1.82, 2.24) is 14.5 Å². The van der Waals surface area contributed by atoms with Crippen LogP contribution >= 0.6 is 0 Å². The Bertz CT molecular complexity index is 986. The quantitative estimate of drug-likeness (QED) is 0.848. The molecule has 4 rings (SSSR count). The second-order valence-electron chi connectivity index (χ2n) is 7.10. The molecule has 9 heteroatoms. The number of likely N-dealkylation sites (N-methyl/N-ethyl adjacent to an activating group) is 1. The van der Waals surface area contributed by atoms with Crippen molar-refractivity contribution in [3.05, 3.63) is 35.2 Å². The molecular formula is C18H23N5O3S. The summed E-state index contributed by atoms with van der Waals surface area (Å²) in [5.74, 6) is 0.101. The number of hydrogen-bond donors (Lipinski definition) is 1. The van der Waals surface area contributed by atoms with Crippen LogP contribution in [0, 0.1) is 13.8 Å². The summed E-state index contributed by atoms with van der Waals surface area (Å²) in [6, 6.07) is 6.02. The molecule has 1 fully saturated rings. The summed E-state index contributed by atoms with van der Waals surface area (Å²) in [4.78, 5) is 16.0. The van der Waals surface area contributed by atoms with E-state index >= 15 is 0 Å². The monoisotopic (exact) mass is 389 g/mol. The van der Waals surface area contributed by atoms with Gasteiger partial charge in [-0.2, -0.15) is 9.40 Å². The van der Waals surface area contributed by atoms with Gasteiger partial charge in [0.05, 0.1) is 17.8 Å². The van der Waals surface area contributed by atoms with Gasteiger partial charge >= 0.3 is 0 Å². The highest BCUT2D eigenvalue weighted by molar-refractivity contribution is 7.89. The van der Waals surface area contributed by atoms with Gasteiger partial charge in [-0.3, -0.25) is 9.89 Å². The van der Waals surface area contributed by atoms with Crippen LogP contribution in [0.4, 0.5) is 11.4 Å². The average molecular weight is 389 g/mol. The highest BCUT2D eigenvalue weighted by atomic mass is 32.2. The molecule has 1 aromatic heterocycles. The Morgan fingerprint density at radius 1 is 1.11 bits per heavy atom. The zero-order valence-corrected chi connectivity index (χ0v) is 16.5. The van der Waals surface area contributed by atoms with Gasteiger partial charge in [-0.1, -0.05) is 0 Å². The highest BCUT2D eigenvalue weighted by Crippen LogP contribution is 2.32. The number of carbonyl (C=O) groups is 1. The molecule has 0 unspecified atom stereocenters. The average Bonchev–Trinajstić information content (AvgIpc) is 3.13. The Labute approximate surface area is 158 Å². The van der Waals surface area contributed by atoms with Crippen molar-refractivity contribution in [3.8, 4) is 0 Å². The molecule has 0 spiro atoms. The largest absolute Gasteiger partial charge is 0.369 e. The van der Waals surface area contributed by atoms with Crippen LogP contribution in [0.1, 0.15) is 17.0 Å². The van der Waals surface area contributed by atoms with Crippen molar-refractivity contribution in [3.63, 3.8) is 0 Å². The number of anilines is 2. The van der Waals surface area contributed by atoms with Gasteiger partial charge in [0.1, 0.15) is 4.90 Å². The van der Waals surface area contributed by atoms with Crippen LogP contribution in [0.15, 0.2) is 23.1 Å². The topological polar surface area (TPSA) is 89.6 Å². The number of fused-ring (bicyclic) bond motifs is 1. The first-order chi connectivity index (χ1) is 12.8. The molecule has 2 aliphatic heterocycles. The highest BCUT2D eigenvalue weighted by Gasteiger charge is 2.32. The predicted molar refractivity (Wildman–Crippen MR) is 103 cm³/mol. The molecule has 1 N–H and O–H groups in total. The first-order valence-electron chi connectivity index (χ1n) is 8.95. The summed E-state index contributed by atoms with van der Waals surface area (Å²) in [5, 5.41) is 6.76. The zero-order valence-electron chi connectivity index (χ0n) is 15.7. The number of sulfonamides is 1. The van der Waals surface area contributed by atoms with E-state index in [1.807, 2.05) is 18.2 Å². The predicted octanol–water partition coefficient (Wildman–Crippen LogP) is 1.06. The minimum Gasteiger partial charge on any atom is -0.369 e. The van der Waals surface area contributed by atoms with Gasteiger partial charge in [0.15, 0.2) is 0 Å². The Kier molecular flexibility index (Phi) is 4.23. The lowest BCUT2D eigenvalue weighted by molar-refractivity contribution is -0.117. The number of nitrogens with one attached hydrogen (secondary N) is 1. The number of hydrogen-bond acceptors (Lipinski definition) is 5. The molecule has 3 heterocycles. The van der Waals surface area contributed by atoms with Crippen LogP contribution in [0.2, 0.25) is 0 Å². The molecule has 144 valence electrons. The molecule has 1 saturated heterocycles. The van der Waals surface area contributed by atoms with E-state index in [1.54, 1.807) is 25.8 Å². The maximum Gasteiger partial charge on any atom is 0.246 e. The second-order valence-corrected chi connectivity index (χ2v) is 8.97. The number of rotatable bonds is 3. The lowest BCUT2D eigenvalue weighted by Crippen LogP contribution is -2.48. The van der Waals surface area contributed by atoms with E-state index in [2.05, 4.69) is 15.1 Å². The SMILES string of the molecule is Cc1n[nH]c(C)c1S(=O)(=O)N1CCN(c2ccc3c(c2)CC(=O)N3C)CC1. The fourth-order valence-electron chi connectivity index (χ4n) is 3.89. The van der Waals surface area contributed by atoms with Crippen molar-refractivity contribution >= 4 is 27.3 Å². The van der Waals surface area contributed by atoms with Crippen LogP contribution in [0.5, 0.6) is 0 Å². The number of aromatic nitrogens is 2. The van der Waals surface area contributed by atoms with Crippen LogP contribution in [0.3, 0.4) is 0 Å². The minimum atomic E-state index is -3.55. The summed E-state index contributed by atoms with van der Waals surface area (Å²) in [5.41, 5.74) is 4.09. The zero-order chi connectivity index (χ0) is 19.3. The number of aromatic amines is 1. The molecule has 0 radical (unpaired) electrons. The molecule has 27 heavy (non-hydrogen) atoms. The van der Waals surface area contributed by atoms with Crippen LogP contribution in [-0.4, -0.2) is 62.1 Å². The second kappa shape index (κ2) is 6.35. The van der Waals surface area contributed by atoms with Crippen molar-refractivity contribution in [1.29, 1.82) is 0 Å². The van der Waals surface area contributed by atoms with Crippen molar-refractivity contribution in [2.45, 2.75) is 25.2 Å². The van der Waals surface area contributed by atoms with Crippen molar-refractivity contribution < 1.29 is 13.2 Å². The van der Waals surface area contributed by atoms with Crippen LogP contribution < -0.4 is 9.80 Å². The van der Waals surface area contributed by atoms with Gasteiger partial charge < -0.3 is 9.80 Å². The number of nitrogens with zero attached hydrogens (tertiary/aromatic N) is 4. The van der Waals surface area contributed by atoms with E-state index in [4.69, 9.17) is 0 Å². The van der Waals surface area contributed by atoms with Crippen LogP contribution in [0.25, 0.3) is 0 Å². The fraction of sp³-hybridized carbons (Fsp3) is 0.444. The van der Waals surface area contributed by atoms with E-state index in [0.29, 0.717) is 44.0 Å². The smallest absolute Gasteiger partial charge is 0.246 e. The summed E-state index contributed by atoms with van der Waals surface area (Å²) >= 11 is 0. The standard InChI is InChI=1S/C18H23N5O3S/c1-12-18(13(2)20-19-12)27(25,26)23-8-6-22(7-9-23)15-4-5-16-14(10-15)11-17(24)21(16)3/h4-5,10H,6-9,11H2,1-3H3,(H,19,20). The normalized spacial score (nSPS) is 18.3. The van der Waals surface area contributed by atoms with Crippen LogP contribution in [-0.2, 0) is 21.2 Å². The van der Waals surface area contributed by atoms with Gasteiger partial charge in [-0.15, -0.1) is 0 Å². The first kappa shape index (κ1) is 18.0. The molecule has 2 aromatic rings.